The molecule has 0 aromatic heterocycles. The van der Waals surface area contributed by atoms with Crippen LogP contribution in [0.25, 0.3) is 0 Å². The Balaban J connectivity index is 2.48. The molecule has 0 bridgehead atoms. The van der Waals surface area contributed by atoms with Crippen molar-refractivity contribution in [3.63, 3.8) is 0 Å². The monoisotopic (exact) mass is 208 g/mol. The van der Waals surface area contributed by atoms with Crippen molar-refractivity contribution in [2.24, 2.45) is 5.73 Å². The highest BCUT2D eigenvalue weighted by molar-refractivity contribution is 5.96. The fraction of sp³-hybridized carbons (Fsp3) is 0.364. The van der Waals surface area contributed by atoms with Crippen LogP contribution in [-0.2, 0) is 11.2 Å². The first-order chi connectivity index (χ1) is 7.09. The van der Waals surface area contributed by atoms with Crippen LogP contribution in [0.2, 0.25) is 0 Å². The lowest BCUT2D eigenvalue weighted by Gasteiger charge is -2.09. The SMILES string of the molecule is Cc1ccc2c(c1F)NC(=O)C(N)CC2. The minimum absolute atomic E-state index is 0.299. The molecule has 80 valence electrons. The van der Waals surface area contributed by atoms with Gasteiger partial charge in [0.25, 0.3) is 0 Å². The third kappa shape index (κ3) is 1.72. The molecule has 0 aliphatic carbocycles. The predicted octanol–water partition coefficient (Wildman–Crippen LogP) is 1.35. The van der Waals surface area contributed by atoms with Gasteiger partial charge in [0.2, 0.25) is 5.91 Å². The van der Waals surface area contributed by atoms with Gasteiger partial charge in [-0.1, -0.05) is 12.1 Å². The highest BCUT2D eigenvalue weighted by Crippen LogP contribution is 2.26. The molecule has 1 aromatic rings. The second kappa shape index (κ2) is 3.62. The van der Waals surface area contributed by atoms with Gasteiger partial charge >= 0.3 is 0 Å². The maximum absolute atomic E-state index is 13.7. The number of aryl methyl sites for hydroxylation is 2. The van der Waals surface area contributed by atoms with Gasteiger partial charge in [0.1, 0.15) is 5.82 Å². The van der Waals surface area contributed by atoms with Crippen molar-refractivity contribution < 1.29 is 9.18 Å². The summed E-state index contributed by atoms with van der Waals surface area (Å²) in [5, 5.41) is 2.54. The number of anilines is 1. The molecule has 1 heterocycles. The van der Waals surface area contributed by atoms with Crippen molar-refractivity contribution in [3.05, 3.63) is 29.1 Å². The number of amides is 1. The minimum Gasteiger partial charge on any atom is -0.322 e. The minimum atomic E-state index is -0.544. The number of carbonyl (C=O) groups is 1. The Morgan fingerprint density at radius 3 is 3.00 bits per heavy atom. The van der Waals surface area contributed by atoms with Crippen LogP contribution in [0.1, 0.15) is 17.5 Å². The van der Waals surface area contributed by atoms with Crippen LogP contribution in [0.5, 0.6) is 0 Å². The summed E-state index contributed by atoms with van der Waals surface area (Å²) in [6, 6.07) is 3.01. The largest absolute Gasteiger partial charge is 0.322 e. The van der Waals surface area contributed by atoms with Crippen molar-refractivity contribution in [1.82, 2.24) is 0 Å². The Kier molecular flexibility index (Phi) is 2.44. The molecule has 1 aliphatic heterocycles. The lowest BCUT2D eigenvalue weighted by Crippen LogP contribution is -2.34. The normalized spacial score (nSPS) is 20.5. The molecule has 3 N–H and O–H groups in total. The lowest BCUT2D eigenvalue weighted by molar-refractivity contribution is -0.117. The Morgan fingerprint density at radius 1 is 1.53 bits per heavy atom. The average Bonchev–Trinajstić information content (AvgIpc) is 2.35. The molecule has 0 spiro atoms. The Morgan fingerprint density at radius 2 is 2.27 bits per heavy atom. The van der Waals surface area contributed by atoms with Crippen molar-refractivity contribution in [2.45, 2.75) is 25.8 Å². The summed E-state index contributed by atoms with van der Waals surface area (Å²) in [7, 11) is 0. The van der Waals surface area contributed by atoms with Crippen LogP contribution in [0.15, 0.2) is 12.1 Å². The molecule has 1 atom stereocenters. The standard InChI is InChI=1S/C11H13FN2O/c1-6-2-3-7-4-5-8(13)11(15)14-10(7)9(6)12/h2-3,8H,4-5,13H2,1H3,(H,14,15). The van der Waals surface area contributed by atoms with E-state index in [1.165, 1.54) is 0 Å². The second-order valence-electron chi connectivity index (χ2n) is 3.86. The van der Waals surface area contributed by atoms with E-state index in [0.717, 1.165) is 5.56 Å². The molecule has 0 fully saturated rings. The summed E-state index contributed by atoms with van der Waals surface area (Å²) in [6.45, 7) is 1.67. The third-order valence-electron chi connectivity index (χ3n) is 2.73. The molecule has 1 unspecified atom stereocenters. The van der Waals surface area contributed by atoms with E-state index in [4.69, 9.17) is 5.73 Å². The third-order valence-corrected chi connectivity index (χ3v) is 2.73. The van der Waals surface area contributed by atoms with Gasteiger partial charge in [-0.05, 0) is 30.9 Å². The summed E-state index contributed by atoms with van der Waals surface area (Å²) < 4.78 is 13.7. The van der Waals surface area contributed by atoms with E-state index in [9.17, 15) is 9.18 Å². The summed E-state index contributed by atoms with van der Waals surface area (Å²) in [4.78, 5) is 11.4. The molecule has 1 aromatic carbocycles. The highest BCUT2D eigenvalue weighted by atomic mass is 19.1. The van der Waals surface area contributed by atoms with E-state index in [1.807, 2.05) is 6.07 Å². The molecule has 1 amide bonds. The second-order valence-corrected chi connectivity index (χ2v) is 3.86. The van der Waals surface area contributed by atoms with E-state index in [2.05, 4.69) is 5.32 Å². The van der Waals surface area contributed by atoms with Crippen molar-refractivity contribution in [3.8, 4) is 0 Å². The van der Waals surface area contributed by atoms with Crippen LogP contribution >= 0.6 is 0 Å². The van der Waals surface area contributed by atoms with E-state index in [0.29, 0.717) is 24.1 Å². The zero-order chi connectivity index (χ0) is 11.0. The number of hydrogen-bond donors (Lipinski definition) is 2. The van der Waals surface area contributed by atoms with Crippen LogP contribution in [-0.4, -0.2) is 11.9 Å². The van der Waals surface area contributed by atoms with Crippen molar-refractivity contribution >= 4 is 11.6 Å². The molecule has 0 saturated carbocycles. The number of halogens is 1. The quantitative estimate of drug-likeness (QED) is 0.676. The number of rotatable bonds is 0. The molecule has 1 aliphatic rings. The first kappa shape index (κ1) is 10.1. The number of hydrogen-bond acceptors (Lipinski definition) is 2. The zero-order valence-corrected chi connectivity index (χ0v) is 8.51. The van der Waals surface area contributed by atoms with Crippen LogP contribution in [0, 0.1) is 12.7 Å². The number of nitrogens with one attached hydrogen (secondary N) is 1. The van der Waals surface area contributed by atoms with Gasteiger partial charge in [-0.15, -0.1) is 0 Å². The van der Waals surface area contributed by atoms with Crippen LogP contribution < -0.4 is 11.1 Å². The van der Waals surface area contributed by atoms with E-state index < -0.39 is 6.04 Å². The predicted molar refractivity (Wildman–Crippen MR) is 56.1 cm³/mol. The van der Waals surface area contributed by atoms with Gasteiger partial charge in [-0.25, -0.2) is 4.39 Å². The Labute approximate surface area is 87.5 Å². The molecular formula is C11H13FN2O. The van der Waals surface area contributed by atoms with E-state index in [1.54, 1.807) is 13.0 Å². The van der Waals surface area contributed by atoms with Crippen LogP contribution in [0.3, 0.4) is 0 Å². The van der Waals surface area contributed by atoms with Gasteiger partial charge in [0.05, 0.1) is 11.7 Å². The lowest BCUT2D eigenvalue weighted by atomic mass is 10.0. The van der Waals surface area contributed by atoms with Crippen LogP contribution in [0.4, 0.5) is 10.1 Å². The maximum atomic E-state index is 13.7. The topological polar surface area (TPSA) is 55.1 Å². The van der Waals surface area contributed by atoms with E-state index in [-0.39, 0.29) is 11.7 Å². The fourth-order valence-corrected chi connectivity index (χ4v) is 1.72. The number of nitrogens with two attached hydrogens (primary N) is 1. The van der Waals surface area contributed by atoms with Gasteiger partial charge in [-0.3, -0.25) is 4.79 Å². The first-order valence-electron chi connectivity index (χ1n) is 4.94. The fourth-order valence-electron chi connectivity index (χ4n) is 1.72. The molecule has 2 rings (SSSR count). The Bertz CT molecular complexity index is 417. The summed E-state index contributed by atoms with van der Waals surface area (Å²) in [5.74, 6) is -0.659. The van der Waals surface area contributed by atoms with Crippen molar-refractivity contribution in [1.29, 1.82) is 0 Å². The van der Waals surface area contributed by atoms with Gasteiger partial charge in [0.15, 0.2) is 0 Å². The summed E-state index contributed by atoms with van der Waals surface area (Å²) >= 11 is 0. The molecule has 0 radical (unpaired) electrons. The van der Waals surface area contributed by atoms with Crippen molar-refractivity contribution in [2.75, 3.05) is 5.32 Å². The molecule has 3 nitrogen and oxygen atoms in total. The van der Waals surface area contributed by atoms with Gasteiger partial charge in [-0.2, -0.15) is 0 Å². The number of fused-ring (bicyclic) bond motifs is 1. The molecule has 4 heteroatoms. The maximum Gasteiger partial charge on any atom is 0.241 e. The smallest absolute Gasteiger partial charge is 0.241 e. The Hall–Kier alpha value is -1.42. The number of benzene rings is 1. The van der Waals surface area contributed by atoms with Gasteiger partial charge < -0.3 is 11.1 Å². The average molecular weight is 208 g/mol. The molecule has 15 heavy (non-hydrogen) atoms. The van der Waals surface area contributed by atoms with E-state index >= 15 is 0 Å². The summed E-state index contributed by atoms with van der Waals surface area (Å²) in [5.41, 5.74) is 7.26. The summed E-state index contributed by atoms with van der Waals surface area (Å²) in [6.07, 6.45) is 1.19. The molecule has 0 saturated heterocycles. The number of carbonyl (C=O) groups excluding carboxylic acids is 1. The first-order valence-corrected chi connectivity index (χ1v) is 4.94. The molecular weight excluding hydrogens is 195 g/mol. The van der Waals surface area contributed by atoms with Gasteiger partial charge in [0, 0.05) is 0 Å². The highest BCUT2D eigenvalue weighted by Gasteiger charge is 2.22. The zero-order valence-electron chi connectivity index (χ0n) is 8.51.